The molecule has 3 heterocycles. The molecule has 190 valence electrons. The van der Waals surface area contributed by atoms with Crippen LogP contribution < -0.4 is 10.3 Å². The largest absolute Gasteiger partial charge is 0.454 e. The minimum atomic E-state index is -4.54. The van der Waals surface area contributed by atoms with Gasteiger partial charge in [-0.15, -0.1) is 5.10 Å². The molecular weight excluding hydrogens is 493 g/mol. The van der Waals surface area contributed by atoms with Crippen LogP contribution in [0.5, 0.6) is 6.01 Å². The number of benzene rings is 1. The standard InChI is InChI=1S/C23H25F3N6O3Si/c1-36(2,3)9-8-34-14-32-13-29-20(31-32)16-6-4-15(5-7-16)18-19-17(10-27-21(18)33)11-28-22(30-19)35-12-23(24,25)26/h4-7,10-11,13H,8-9,12,14H2,1-3H3,(H,27,33). The van der Waals surface area contributed by atoms with Crippen molar-refractivity contribution in [2.45, 2.75) is 38.6 Å². The maximum atomic E-state index is 12.6. The van der Waals surface area contributed by atoms with Crippen molar-refractivity contribution in [1.29, 1.82) is 0 Å². The third-order valence-electron chi connectivity index (χ3n) is 5.17. The van der Waals surface area contributed by atoms with E-state index in [2.05, 4.69) is 49.4 Å². The lowest BCUT2D eigenvalue weighted by Gasteiger charge is -2.15. The van der Waals surface area contributed by atoms with Crippen molar-refractivity contribution in [1.82, 2.24) is 29.7 Å². The van der Waals surface area contributed by atoms with E-state index in [1.165, 1.54) is 12.4 Å². The van der Waals surface area contributed by atoms with Gasteiger partial charge in [-0.05, 0) is 11.6 Å². The second-order valence-corrected chi connectivity index (χ2v) is 15.0. The molecule has 0 spiro atoms. The van der Waals surface area contributed by atoms with Gasteiger partial charge in [0.1, 0.15) is 13.1 Å². The minimum absolute atomic E-state index is 0.177. The predicted molar refractivity (Wildman–Crippen MR) is 130 cm³/mol. The number of pyridine rings is 1. The lowest BCUT2D eigenvalue weighted by atomic mass is 10.0. The summed E-state index contributed by atoms with van der Waals surface area (Å²) in [6, 6.07) is 7.49. The normalized spacial score (nSPS) is 12.3. The van der Waals surface area contributed by atoms with Crippen molar-refractivity contribution < 1.29 is 22.6 Å². The molecule has 3 aromatic heterocycles. The van der Waals surface area contributed by atoms with E-state index in [9.17, 15) is 18.0 Å². The molecule has 0 aliphatic carbocycles. The van der Waals surface area contributed by atoms with Gasteiger partial charge in [-0.3, -0.25) is 4.79 Å². The number of alkyl halides is 3. The van der Waals surface area contributed by atoms with Crippen LogP contribution in [0.25, 0.3) is 33.4 Å². The Balaban J connectivity index is 1.54. The Labute approximate surface area is 205 Å². The van der Waals surface area contributed by atoms with E-state index in [0.29, 0.717) is 30.1 Å². The average Bonchev–Trinajstić information content (AvgIpc) is 3.28. The predicted octanol–water partition coefficient (Wildman–Crippen LogP) is 4.50. The van der Waals surface area contributed by atoms with Crippen molar-refractivity contribution in [2.75, 3.05) is 13.2 Å². The number of nitrogens with zero attached hydrogens (tertiary/aromatic N) is 5. The summed E-state index contributed by atoms with van der Waals surface area (Å²) >= 11 is 0. The lowest BCUT2D eigenvalue weighted by Crippen LogP contribution is -2.22. The highest BCUT2D eigenvalue weighted by Crippen LogP contribution is 2.27. The first-order valence-corrected chi connectivity index (χ1v) is 14.9. The molecule has 0 saturated carbocycles. The Hall–Kier alpha value is -3.58. The number of hydrogen-bond acceptors (Lipinski definition) is 7. The minimum Gasteiger partial charge on any atom is -0.454 e. The SMILES string of the molecule is C[Si](C)(C)CCOCn1cnc(-c2ccc(-c3c(=O)[nH]cc4cnc(OCC(F)(F)F)nc34)cc2)n1. The van der Waals surface area contributed by atoms with Gasteiger partial charge in [-0.2, -0.15) is 18.2 Å². The molecule has 0 unspecified atom stereocenters. The van der Waals surface area contributed by atoms with Crippen molar-refractivity contribution in [3.8, 4) is 28.5 Å². The van der Waals surface area contributed by atoms with Crippen molar-refractivity contribution >= 4 is 19.0 Å². The van der Waals surface area contributed by atoms with Crippen LogP contribution in [0.1, 0.15) is 0 Å². The summed E-state index contributed by atoms with van der Waals surface area (Å²) in [5.74, 6) is 0.493. The van der Waals surface area contributed by atoms with Gasteiger partial charge in [-0.1, -0.05) is 43.9 Å². The zero-order valence-electron chi connectivity index (χ0n) is 20.0. The summed E-state index contributed by atoms with van der Waals surface area (Å²) in [5.41, 5.74) is 1.15. The molecule has 9 nitrogen and oxygen atoms in total. The quantitative estimate of drug-likeness (QED) is 0.257. The zero-order valence-corrected chi connectivity index (χ0v) is 21.0. The number of ether oxygens (including phenoxy) is 2. The molecule has 0 atom stereocenters. The first kappa shape index (κ1) is 25.5. The molecule has 0 amide bonds. The average molecular weight is 519 g/mol. The molecule has 0 radical (unpaired) electrons. The number of H-pyrrole nitrogens is 1. The highest BCUT2D eigenvalue weighted by Gasteiger charge is 2.29. The van der Waals surface area contributed by atoms with Crippen LogP contribution in [-0.2, 0) is 11.5 Å². The van der Waals surface area contributed by atoms with Gasteiger partial charge < -0.3 is 14.5 Å². The Morgan fingerprint density at radius 3 is 2.50 bits per heavy atom. The number of fused-ring (bicyclic) bond motifs is 1. The van der Waals surface area contributed by atoms with Crippen LogP contribution in [0.3, 0.4) is 0 Å². The molecule has 0 saturated heterocycles. The number of aromatic amines is 1. The van der Waals surface area contributed by atoms with Gasteiger partial charge in [-0.25, -0.2) is 14.6 Å². The summed E-state index contributed by atoms with van der Waals surface area (Å²) in [7, 11) is -1.17. The number of rotatable bonds is 9. The summed E-state index contributed by atoms with van der Waals surface area (Å²) in [4.78, 5) is 27.4. The van der Waals surface area contributed by atoms with E-state index in [1.807, 2.05) is 0 Å². The van der Waals surface area contributed by atoms with Crippen LogP contribution in [0.4, 0.5) is 13.2 Å². The van der Waals surface area contributed by atoms with E-state index >= 15 is 0 Å². The topological polar surface area (TPSA) is 108 Å². The molecule has 1 N–H and O–H groups in total. The third-order valence-corrected chi connectivity index (χ3v) is 6.87. The van der Waals surface area contributed by atoms with E-state index < -0.39 is 32.4 Å². The molecule has 13 heteroatoms. The molecule has 0 bridgehead atoms. The fourth-order valence-electron chi connectivity index (χ4n) is 3.30. The first-order valence-electron chi connectivity index (χ1n) is 11.1. The summed E-state index contributed by atoms with van der Waals surface area (Å²) in [6.07, 6.45) is -0.256. The Morgan fingerprint density at radius 1 is 1.08 bits per heavy atom. The van der Waals surface area contributed by atoms with Crippen molar-refractivity contribution in [2.24, 2.45) is 0 Å². The second kappa shape index (κ2) is 10.2. The molecule has 1 aromatic carbocycles. The van der Waals surface area contributed by atoms with Gasteiger partial charge in [0.05, 0.1) is 11.1 Å². The smallest absolute Gasteiger partial charge is 0.422 e. The van der Waals surface area contributed by atoms with Crippen LogP contribution >= 0.6 is 0 Å². The summed E-state index contributed by atoms with van der Waals surface area (Å²) in [5, 5.41) is 4.88. The number of halogens is 3. The van der Waals surface area contributed by atoms with E-state index in [1.54, 1.807) is 35.3 Å². The van der Waals surface area contributed by atoms with Crippen molar-refractivity contribution in [3.05, 3.63) is 53.3 Å². The van der Waals surface area contributed by atoms with Gasteiger partial charge in [0, 0.05) is 38.0 Å². The van der Waals surface area contributed by atoms with Gasteiger partial charge in [0.2, 0.25) is 0 Å². The lowest BCUT2D eigenvalue weighted by molar-refractivity contribution is -0.154. The van der Waals surface area contributed by atoms with Crippen LogP contribution in [0.15, 0.2) is 47.8 Å². The molecule has 0 fully saturated rings. The van der Waals surface area contributed by atoms with Crippen LogP contribution in [0, 0.1) is 0 Å². The maximum absolute atomic E-state index is 12.6. The molecule has 36 heavy (non-hydrogen) atoms. The molecule has 0 aliphatic rings. The van der Waals surface area contributed by atoms with Gasteiger partial charge >= 0.3 is 12.2 Å². The highest BCUT2D eigenvalue weighted by molar-refractivity contribution is 6.76. The molecule has 0 aliphatic heterocycles. The van der Waals surface area contributed by atoms with Gasteiger partial charge in [0.15, 0.2) is 12.4 Å². The van der Waals surface area contributed by atoms with E-state index in [-0.39, 0.29) is 11.1 Å². The second-order valence-electron chi connectivity index (χ2n) is 9.39. The third kappa shape index (κ3) is 6.54. The first-order chi connectivity index (χ1) is 17.0. The van der Waals surface area contributed by atoms with Gasteiger partial charge in [0.25, 0.3) is 5.56 Å². The fourth-order valence-corrected chi connectivity index (χ4v) is 4.06. The Bertz CT molecular complexity index is 1400. The van der Waals surface area contributed by atoms with E-state index in [0.717, 1.165) is 11.6 Å². The number of aromatic nitrogens is 6. The highest BCUT2D eigenvalue weighted by atomic mass is 28.3. The maximum Gasteiger partial charge on any atom is 0.422 e. The molecule has 4 rings (SSSR count). The monoisotopic (exact) mass is 518 g/mol. The zero-order chi connectivity index (χ0) is 25.9. The fraction of sp³-hybridized carbons (Fsp3) is 0.348. The number of nitrogens with one attached hydrogen (secondary N) is 1. The van der Waals surface area contributed by atoms with Crippen LogP contribution in [-0.4, -0.2) is 57.2 Å². The number of hydrogen-bond donors (Lipinski definition) is 1. The van der Waals surface area contributed by atoms with Crippen molar-refractivity contribution in [3.63, 3.8) is 0 Å². The van der Waals surface area contributed by atoms with E-state index in [4.69, 9.17) is 4.74 Å². The Morgan fingerprint density at radius 2 is 1.81 bits per heavy atom. The summed E-state index contributed by atoms with van der Waals surface area (Å²) in [6.45, 7) is 6.30. The Kier molecular flexibility index (Phi) is 7.22. The summed E-state index contributed by atoms with van der Waals surface area (Å²) < 4.78 is 49.5. The molecular formula is C23H25F3N6O3Si. The molecule has 4 aromatic rings. The van der Waals surface area contributed by atoms with Crippen LogP contribution in [0.2, 0.25) is 25.7 Å².